The van der Waals surface area contributed by atoms with Crippen molar-refractivity contribution < 1.29 is 14.2 Å². The van der Waals surface area contributed by atoms with E-state index in [4.69, 9.17) is 20.9 Å². The first kappa shape index (κ1) is 18.2. The van der Waals surface area contributed by atoms with Crippen molar-refractivity contribution in [2.75, 3.05) is 5.32 Å². The van der Waals surface area contributed by atoms with Gasteiger partial charge in [0.15, 0.2) is 5.76 Å². The Morgan fingerprint density at radius 2 is 2.08 bits per heavy atom. The second kappa shape index (κ2) is 7.19. The van der Waals surface area contributed by atoms with Gasteiger partial charge in [-0.3, -0.25) is 10.1 Å². The number of non-ortho nitro benzene ring substituents is 1. The lowest BCUT2D eigenvalue weighted by molar-refractivity contribution is -0.384. The van der Waals surface area contributed by atoms with E-state index in [2.05, 4.69) is 10.5 Å². The van der Waals surface area contributed by atoms with Crippen molar-refractivity contribution in [1.82, 2.24) is 5.16 Å². The van der Waals surface area contributed by atoms with Crippen molar-refractivity contribution in [1.29, 1.82) is 0 Å². The molecule has 1 heterocycles. The van der Waals surface area contributed by atoms with E-state index in [0.29, 0.717) is 40.9 Å². The van der Waals surface area contributed by atoms with Crippen LogP contribution in [-0.2, 0) is 17.9 Å². The Morgan fingerprint density at radius 3 is 2.67 bits per heavy atom. The van der Waals surface area contributed by atoms with E-state index in [1.807, 2.05) is 20.8 Å². The molecule has 0 aliphatic heterocycles. The van der Waals surface area contributed by atoms with Gasteiger partial charge in [-0.1, -0.05) is 16.8 Å². The monoisotopic (exact) mass is 353 g/mol. The number of nitro benzene ring substituents is 1. The fourth-order valence-corrected chi connectivity index (χ4v) is 2.36. The van der Waals surface area contributed by atoms with Gasteiger partial charge >= 0.3 is 0 Å². The van der Waals surface area contributed by atoms with Crippen molar-refractivity contribution in [3.63, 3.8) is 0 Å². The molecule has 0 aliphatic rings. The van der Waals surface area contributed by atoms with Gasteiger partial charge in [0.2, 0.25) is 0 Å². The molecule has 24 heavy (non-hydrogen) atoms. The Kier molecular flexibility index (Phi) is 5.46. The van der Waals surface area contributed by atoms with E-state index >= 15 is 0 Å². The molecule has 0 unspecified atom stereocenters. The van der Waals surface area contributed by atoms with Crippen LogP contribution in [0.4, 0.5) is 11.4 Å². The molecule has 8 heteroatoms. The van der Waals surface area contributed by atoms with Crippen LogP contribution >= 0.6 is 11.6 Å². The molecule has 1 aromatic heterocycles. The minimum atomic E-state index is -0.470. The molecule has 0 spiro atoms. The second-order valence-electron chi connectivity index (χ2n) is 6.42. The Morgan fingerprint density at radius 1 is 1.38 bits per heavy atom. The quantitative estimate of drug-likeness (QED) is 0.608. The van der Waals surface area contributed by atoms with Crippen LogP contribution in [0.1, 0.15) is 37.8 Å². The number of hydrogen-bond acceptors (Lipinski definition) is 6. The summed E-state index contributed by atoms with van der Waals surface area (Å²) in [6.07, 6.45) is 0. The Labute approximate surface area is 145 Å². The fraction of sp³-hybridized carbons (Fsp3) is 0.438. The molecule has 0 fully saturated rings. The average Bonchev–Trinajstić information content (AvgIpc) is 2.91. The number of ether oxygens (including phenoxy) is 1. The number of benzene rings is 1. The minimum Gasteiger partial charge on any atom is -0.378 e. The minimum absolute atomic E-state index is 0.0360. The molecule has 2 rings (SSSR count). The van der Waals surface area contributed by atoms with Gasteiger partial charge < -0.3 is 14.6 Å². The van der Waals surface area contributed by atoms with E-state index in [0.717, 1.165) is 0 Å². The highest BCUT2D eigenvalue weighted by Crippen LogP contribution is 2.31. The van der Waals surface area contributed by atoms with Crippen molar-refractivity contribution in [2.24, 2.45) is 0 Å². The van der Waals surface area contributed by atoms with Crippen molar-refractivity contribution in [2.45, 2.75) is 46.4 Å². The smallest absolute Gasteiger partial charge is 0.271 e. The number of rotatable bonds is 6. The topological polar surface area (TPSA) is 90.4 Å². The standard InChI is InChI=1S/C16H20ClN3O4/c1-10-5-12(20(21)22)7-14(17)15(10)18-8-11-6-13(24-19-11)9-23-16(2,3)4/h5-7,18H,8-9H2,1-4H3. The zero-order valence-electron chi connectivity index (χ0n) is 14.1. The van der Waals surface area contributed by atoms with E-state index < -0.39 is 4.92 Å². The summed E-state index contributed by atoms with van der Waals surface area (Å²) in [5.74, 6) is 0.633. The number of hydrogen-bond donors (Lipinski definition) is 1. The maximum atomic E-state index is 10.8. The Balaban J connectivity index is 2.01. The zero-order chi connectivity index (χ0) is 17.9. The molecule has 130 valence electrons. The van der Waals surface area contributed by atoms with E-state index in [1.165, 1.54) is 12.1 Å². The lowest BCUT2D eigenvalue weighted by atomic mass is 10.1. The SMILES string of the molecule is Cc1cc([N+](=O)[O-])cc(Cl)c1NCc1cc(COC(C)(C)C)on1. The number of nitrogens with zero attached hydrogens (tertiary/aromatic N) is 2. The van der Waals surface area contributed by atoms with Crippen LogP contribution in [0.5, 0.6) is 0 Å². The highest BCUT2D eigenvalue weighted by molar-refractivity contribution is 6.33. The molecule has 7 nitrogen and oxygen atoms in total. The summed E-state index contributed by atoms with van der Waals surface area (Å²) in [7, 11) is 0. The number of aryl methyl sites for hydroxylation is 1. The fourth-order valence-electron chi connectivity index (χ4n) is 2.03. The first-order valence-electron chi connectivity index (χ1n) is 7.42. The number of halogens is 1. The van der Waals surface area contributed by atoms with Gasteiger partial charge in [0.25, 0.3) is 5.69 Å². The first-order chi connectivity index (χ1) is 11.2. The van der Waals surface area contributed by atoms with Crippen molar-refractivity contribution >= 4 is 23.0 Å². The Bertz CT molecular complexity index is 714. The van der Waals surface area contributed by atoms with Gasteiger partial charge in [-0.15, -0.1) is 0 Å². The lowest BCUT2D eigenvalue weighted by Crippen LogP contribution is -2.18. The van der Waals surface area contributed by atoms with E-state index in [9.17, 15) is 10.1 Å². The molecule has 0 aliphatic carbocycles. The predicted octanol–water partition coefficient (Wildman–Crippen LogP) is 4.47. The summed E-state index contributed by atoms with van der Waals surface area (Å²) in [5.41, 5.74) is 1.73. The second-order valence-corrected chi connectivity index (χ2v) is 6.82. The molecular formula is C16H20ClN3O4. The van der Waals surface area contributed by atoms with Gasteiger partial charge in [-0.2, -0.15) is 0 Å². The number of aromatic nitrogens is 1. The number of nitrogens with one attached hydrogen (secondary N) is 1. The maximum absolute atomic E-state index is 10.8. The normalized spacial score (nSPS) is 11.5. The molecule has 1 aromatic carbocycles. The van der Waals surface area contributed by atoms with Crippen LogP contribution in [0.25, 0.3) is 0 Å². The average molecular weight is 354 g/mol. The number of nitro groups is 1. The van der Waals surface area contributed by atoms with Gasteiger partial charge in [-0.05, 0) is 33.3 Å². The summed E-state index contributed by atoms with van der Waals surface area (Å²) in [5, 5.41) is 18.2. The molecule has 2 aromatic rings. The van der Waals surface area contributed by atoms with Crippen LogP contribution in [0.3, 0.4) is 0 Å². The summed E-state index contributed by atoms with van der Waals surface area (Å²) < 4.78 is 10.8. The molecule has 0 saturated heterocycles. The van der Waals surface area contributed by atoms with Crippen molar-refractivity contribution in [3.05, 3.63) is 50.4 Å². The van der Waals surface area contributed by atoms with Gasteiger partial charge in [0.1, 0.15) is 12.3 Å². The van der Waals surface area contributed by atoms with Crippen LogP contribution in [0.15, 0.2) is 22.7 Å². The summed E-state index contributed by atoms with van der Waals surface area (Å²) in [6, 6.07) is 4.59. The molecule has 0 saturated carbocycles. The zero-order valence-corrected chi connectivity index (χ0v) is 14.8. The molecule has 0 radical (unpaired) electrons. The highest BCUT2D eigenvalue weighted by atomic mass is 35.5. The highest BCUT2D eigenvalue weighted by Gasteiger charge is 2.15. The summed E-state index contributed by atoms with van der Waals surface area (Å²) >= 11 is 6.12. The van der Waals surface area contributed by atoms with Crippen LogP contribution in [0, 0.1) is 17.0 Å². The first-order valence-corrected chi connectivity index (χ1v) is 7.80. The molecular weight excluding hydrogens is 334 g/mol. The van der Waals surface area contributed by atoms with Crippen LogP contribution in [-0.4, -0.2) is 15.7 Å². The predicted molar refractivity (Wildman–Crippen MR) is 91.2 cm³/mol. The summed E-state index contributed by atoms with van der Waals surface area (Å²) in [4.78, 5) is 10.4. The van der Waals surface area contributed by atoms with Crippen LogP contribution in [0.2, 0.25) is 5.02 Å². The van der Waals surface area contributed by atoms with Crippen molar-refractivity contribution in [3.8, 4) is 0 Å². The maximum Gasteiger partial charge on any atom is 0.271 e. The molecule has 1 N–H and O–H groups in total. The third kappa shape index (κ3) is 4.94. The van der Waals surface area contributed by atoms with Gasteiger partial charge in [0, 0.05) is 18.2 Å². The molecule has 0 atom stereocenters. The van der Waals surface area contributed by atoms with E-state index in [1.54, 1.807) is 13.0 Å². The third-order valence-electron chi connectivity index (χ3n) is 3.18. The number of anilines is 1. The molecule has 0 bridgehead atoms. The van der Waals surface area contributed by atoms with E-state index in [-0.39, 0.29) is 11.3 Å². The largest absolute Gasteiger partial charge is 0.378 e. The van der Waals surface area contributed by atoms with Gasteiger partial charge in [-0.25, -0.2) is 0 Å². The molecule has 0 amide bonds. The lowest BCUT2D eigenvalue weighted by Gasteiger charge is -2.17. The van der Waals surface area contributed by atoms with Gasteiger partial charge in [0.05, 0.1) is 27.8 Å². The Hall–Kier alpha value is -2.12. The van der Waals surface area contributed by atoms with Crippen LogP contribution < -0.4 is 5.32 Å². The third-order valence-corrected chi connectivity index (χ3v) is 3.48. The summed E-state index contributed by atoms with van der Waals surface area (Å²) in [6.45, 7) is 8.37.